The molecule has 1 heterocycles. The molecule has 2 rings (SSSR count). The van der Waals surface area contributed by atoms with Crippen molar-refractivity contribution in [1.82, 2.24) is 9.88 Å². The number of benzene rings is 1. The highest BCUT2D eigenvalue weighted by molar-refractivity contribution is 6.11. The smallest absolute Gasteiger partial charge is 0.182 e. The van der Waals surface area contributed by atoms with E-state index in [9.17, 15) is 9.90 Å². The lowest BCUT2D eigenvalue weighted by Gasteiger charge is -2.29. The number of ketones is 1. The number of rotatable bonds is 5. The van der Waals surface area contributed by atoms with Crippen LogP contribution < -0.4 is 0 Å². The van der Waals surface area contributed by atoms with Crippen molar-refractivity contribution in [1.29, 1.82) is 0 Å². The Morgan fingerprint density at radius 1 is 1.38 bits per heavy atom. The Bertz CT molecular complexity index is 652. The number of carbonyl (C=O) groups is 1. The van der Waals surface area contributed by atoms with Crippen LogP contribution in [0.4, 0.5) is 0 Å². The fourth-order valence-corrected chi connectivity index (χ4v) is 2.75. The van der Waals surface area contributed by atoms with Gasteiger partial charge in [0, 0.05) is 28.7 Å². The number of aryl methyl sites for hydroxylation is 1. The standard InChI is InChI=1S/C17H24N2O2/c1-11-15(13-8-6-7-9-14(13)18-11)16(20)12(2)19(5)10-17(3,4)21/h6-9,12,18,21H,10H2,1-5H3. The second-order valence-corrected chi connectivity index (χ2v) is 6.44. The third-order valence-electron chi connectivity index (χ3n) is 3.82. The molecule has 2 N–H and O–H groups in total. The Labute approximate surface area is 125 Å². The molecule has 4 heteroatoms. The number of aromatic amines is 1. The van der Waals surface area contributed by atoms with Crippen molar-refractivity contribution < 1.29 is 9.90 Å². The van der Waals surface area contributed by atoms with Crippen molar-refractivity contribution in [2.45, 2.75) is 39.3 Å². The van der Waals surface area contributed by atoms with Gasteiger partial charge in [0.05, 0.1) is 11.6 Å². The van der Waals surface area contributed by atoms with Gasteiger partial charge in [-0.1, -0.05) is 18.2 Å². The van der Waals surface area contributed by atoms with Gasteiger partial charge in [0.1, 0.15) is 0 Å². The Hall–Kier alpha value is -1.65. The summed E-state index contributed by atoms with van der Waals surface area (Å²) in [6.45, 7) is 7.75. The first-order valence-electron chi connectivity index (χ1n) is 7.25. The van der Waals surface area contributed by atoms with Crippen LogP contribution in [0, 0.1) is 6.92 Å². The molecule has 0 amide bonds. The molecule has 1 atom stereocenters. The summed E-state index contributed by atoms with van der Waals surface area (Å²) in [5.74, 6) is 0.0803. The van der Waals surface area contributed by atoms with Gasteiger partial charge < -0.3 is 10.1 Å². The largest absolute Gasteiger partial charge is 0.389 e. The minimum absolute atomic E-state index is 0.0803. The lowest BCUT2D eigenvalue weighted by atomic mass is 10.00. The van der Waals surface area contributed by atoms with Crippen molar-refractivity contribution in [2.24, 2.45) is 0 Å². The molecule has 21 heavy (non-hydrogen) atoms. The van der Waals surface area contributed by atoms with Gasteiger partial charge in [-0.25, -0.2) is 0 Å². The molecule has 0 aliphatic carbocycles. The summed E-state index contributed by atoms with van der Waals surface area (Å²) >= 11 is 0. The molecular weight excluding hydrogens is 264 g/mol. The predicted octanol–water partition coefficient (Wildman–Crippen LogP) is 2.75. The van der Waals surface area contributed by atoms with Crippen LogP contribution in [-0.4, -0.2) is 46.0 Å². The number of aliphatic hydroxyl groups is 1. The van der Waals surface area contributed by atoms with Crippen molar-refractivity contribution in [3.8, 4) is 0 Å². The summed E-state index contributed by atoms with van der Waals surface area (Å²) in [5, 5.41) is 10.9. The highest BCUT2D eigenvalue weighted by Gasteiger charge is 2.27. The van der Waals surface area contributed by atoms with E-state index in [0.717, 1.165) is 22.2 Å². The average molecular weight is 288 g/mol. The SMILES string of the molecule is Cc1[nH]c2ccccc2c1C(=O)C(C)N(C)CC(C)(C)O. The number of H-pyrrole nitrogens is 1. The third-order valence-corrected chi connectivity index (χ3v) is 3.82. The molecule has 1 unspecified atom stereocenters. The van der Waals surface area contributed by atoms with Gasteiger partial charge >= 0.3 is 0 Å². The Balaban J connectivity index is 2.32. The number of nitrogens with one attached hydrogen (secondary N) is 1. The summed E-state index contributed by atoms with van der Waals surface area (Å²) in [5.41, 5.74) is 1.81. The number of para-hydroxylation sites is 1. The molecule has 0 saturated heterocycles. The highest BCUT2D eigenvalue weighted by atomic mass is 16.3. The van der Waals surface area contributed by atoms with Crippen LogP contribution in [0.3, 0.4) is 0 Å². The second kappa shape index (κ2) is 5.62. The monoisotopic (exact) mass is 288 g/mol. The van der Waals surface area contributed by atoms with Gasteiger partial charge in [0.15, 0.2) is 5.78 Å². The molecule has 0 radical (unpaired) electrons. The van der Waals surface area contributed by atoms with Crippen LogP contribution in [-0.2, 0) is 0 Å². The van der Waals surface area contributed by atoms with Crippen LogP contribution in [0.1, 0.15) is 36.8 Å². The molecule has 1 aromatic heterocycles. The number of Topliss-reactive ketones (excluding diaryl/α,β-unsaturated/α-hetero) is 1. The van der Waals surface area contributed by atoms with Crippen LogP contribution in [0.25, 0.3) is 10.9 Å². The fourth-order valence-electron chi connectivity index (χ4n) is 2.75. The third kappa shape index (κ3) is 3.34. The zero-order valence-corrected chi connectivity index (χ0v) is 13.4. The summed E-state index contributed by atoms with van der Waals surface area (Å²) < 4.78 is 0. The van der Waals surface area contributed by atoms with Gasteiger partial charge in [-0.3, -0.25) is 9.69 Å². The number of hydrogen-bond donors (Lipinski definition) is 2. The molecule has 0 aliphatic rings. The topological polar surface area (TPSA) is 56.3 Å². The summed E-state index contributed by atoms with van der Waals surface area (Å²) in [4.78, 5) is 18.0. The zero-order valence-electron chi connectivity index (χ0n) is 13.4. The number of likely N-dealkylation sites (N-methyl/N-ethyl adjacent to an activating group) is 1. The molecule has 0 fully saturated rings. The molecule has 4 nitrogen and oxygen atoms in total. The number of aromatic nitrogens is 1. The summed E-state index contributed by atoms with van der Waals surface area (Å²) in [6, 6.07) is 7.56. The van der Waals surface area contributed by atoms with Crippen molar-refractivity contribution in [3.05, 3.63) is 35.5 Å². The summed E-state index contributed by atoms with van der Waals surface area (Å²) in [6.07, 6.45) is 0. The van der Waals surface area contributed by atoms with E-state index in [-0.39, 0.29) is 11.8 Å². The first-order valence-corrected chi connectivity index (χ1v) is 7.25. The van der Waals surface area contributed by atoms with Crippen LogP contribution in [0.5, 0.6) is 0 Å². The number of carbonyl (C=O) groups excluding carboxylic acids is 1. The Morgan fingerprint density at radius 2 is 2.00 bits per heavy atom. The normalized spacial score (nSPS) is 13.9. The lowest BCUT2D eigenvalue weighted by Crippen LogP contribution is -2.44. The predicted molar refractivity (Wildman–Crippen MR) is 85.8 cm³/mol. The Kier molecular flexibility index (Phi) is 4.21. The molecule has 0 bridgehead atoms. The average Bonchev–Trinajstić information content (AvgIpc) is 2.70. The van der Waals surface area contributed by atoms with E-state index >= 15 is 0 Å². The molecular formula is C17H24N2O2. The van der Waals surface area contributed by atoms with Crippen LogP contribution >= 0.6 is 0 Å². The van der Waals surface area contributed by atoms with E-state index in [1.54, 1.807) is 13.8 Å². The van der Waals surface area contributed by atoms with Gasteiger partial charge in [-0.05, 0) is 40.8 Å². The molecule has 0 spiro atoms. The highest BCUT2D eigenvalue weighted by Crippen LogP contribution is 2.24. The van der Waals surface area contributed by atoms with Crippen molar-refractivity contribution in [3.63, 3.8) is 0 Å². The number of hydrogen-bond acceptors (Lipinski definition) is 3. The minimum Gasteiger partial charge on any atom is -0.389 e. The molecule has 0 saturated carbocycles. The Morgan fingerprint density at radius 3 is 2.62 bits per heavy atom. The number of nitrogens with zero attached hydrogens (tertiary/aromatic N) is 1. The fraction of sp³-hybridized carbons (Fsp3) is 0.471. The molecule has 114 valence electrons. The maximum atomic E-state index is 12.8. The molecule has 2 aromatic rings. The molecule has 1 aromatic carbocycles. The first kappa shape index (κ1) is 15.7. The van der Waals surface area contributed by atoms with Gasteiger partial charge in [-0.15, -0.1) is 0 Å². The molecule has 0 aliphatic heterocycles. The first-order chi connectivity index (χ1) is 9.70. The van der Waals surface area contributed by atoms with Crippen LogP contribution in [0.2, 0.25) is 0 Å². The number of fused-ring (bicyclic) bond motifs is 1. The summed E-state index contributed by atoms with van der Waals surface area (Å²) in [7, 11) is 1.87. The maximum absolute atomic E-state index is 12.8. The van der Waals surface area contributed by atoms with E-state index < -0.39 is 5.60 Å². The lowest BCUT2D eigenvalue weighted by molar-refractivity contribution is 0.0330. The van der Waals surface area contributed by atoms with E-state index in [1.165, 1.54) is 0 Å². The van der Waals surface area contributed by atoms with Gasteiger partial charge in [-0.2, -0.15) is 0 Å². The van der Waals surface area contributed by atoms with Gasteiger partial charge in [0.25, 0.3) is 0 Å². The zero-order chi connectivity index (χ0) is 15.8. The van der Waals surface area contributed by atoms with E-state index in [2.05, 4.69) is 4.98 Å². The van der Waals surface area contributed by atoms with E-state index in [1.807, 2.05) is 50.1 Å². The second-order valence-electron chi connectivity index (χ2n) is 6.44. The van der Waals surface area contributed by atoms with E-state index in [4.69, 9.17) is 0 Å². The quantitative estimate of drug-likeness (QED) is 0.832. The minimum atomic E-state index is -0.821. The van der Waals surface area contributed by atoms with Crippen molar-refractivity contribution >= 4 is 16.7 Å². The maximum Gasteiger partial charge on any atom is 0.182 e. The van der Waals surface area contributed by atoms with E-state index in [0.29, 0.717) is 6.54 Å². The van der Waals surface area contributed by atoms with Gasteiger partial charge in [0.2, 0.25) is 0 Å². The van der Waals surface area contributed by atoms with Crippen LogP contribution in [0.15, 0.2) is 24.3 Å². The van der Waals surface area contributed by atoms with Crippen molar-refractivity contribution in [2.75, 3.05) is 13.6 Å².